The number of alkyl halides is 1. The number of nitrogens with zero attached hydrogens (tertiary/aromatic N) is 2. The third kappa shape index (κ3) is 3.81. The molecule has 0 saturated heterocycles. The summed E-state index contributed by atoms with van der Waals surface area (Å²) in [4.78, 5) is 29.3. The lowest BCUT2D eigenvalue weighted by Gasteiger charge is -2.12. The van der Waals surface area contributed by atoms with Crippen molar-refractivity contribution in [3.63, 3.8) is 0 Å². The maximum Gasteiger partial charge on any atom is 0.357 e. The third-order valence-corrected chi connectivity index (χ3v) is 5.43. The van der Waals surface area contributed by atoms with E-state index >= 15 is 0 Å². The first-order valence-electron chi connectivity index (χ1n) is 9.94. The fraction of sp³-hybridized carbons (Fsp3) is 0.208. The Morgan fingerprint density at radius 1 is 1.10 bits per heavy atom. The Balaban J connectivity index is 2.03. The van der Waals surface area contributed by atoms with E-state index in [4.69, 9.17) is 9.47 Å². The lowest BCUT2D eigenvalue weighted by molar-refractivity contribution is 0.0518. The average molecular weight is 481 g/mol. The van der Waals surface area contributed by atoms with Crippen molar-refractivity contribution in [1.82, 2.24) is 9.55 Å². The highest BCUT2D eigenvalue weighted by atomic mass is 79.9. The zero-order valence-electron chi connectivity index (χ0n) is 17.4. The van der Waals surface area contributed by atoms with Crippen molar-refractivity contribution in [2.45, 2.75) is 25.6 Å². The van der Waals surface area contributed by atoms with Crippen LogP contribution in [0.4, 0.5) is 0 Å². The van der Waals surface area contributed by atoms with Gasteiger partial charge in [0.2, 0.25) is 5.91 Å². The van der Waals surface area contributed by atoms with Crippen molar-refractivity contribution in [2.75, 3.05) is 6.61 Å². The quantitative estimate of drug-likeness (QED) is 0.248. The Morgan fingerprint density at radius 3 is 2.48 bits per heavy atom. The van der Waals surface area contributed by atoms with Crippen LogP contribution < -0.4 is 4.74 Å². The number of halogens is 1. The maximum atomic E-state index is 12.6. The molecule has 7 heteroatoms. The van der Waals surface area contributed by atoms with Crippen molar-refractivity contribution in [3.8, 4) is 11.5 Å². The molecular formula is C24H21BrN2O4. The number of benzene rings is 2. The molecule has 0 saturated carbocycles. The molecule has 0 fully saturated rings. The summed E-state index contributed by atoms with van der Waals surface area (Å²) < 4.78 is 12.8. The van der Waals surface area contributed by atoms with Crippen LogP contribution in [-0.2, 0) is 4.74 Å². The zero-order chi connectivity index (χ0) is 22.1. The van der Waals surface area contributed by atoms with E-state index in [1.165, 1.54) is 6.92 Å². The van der Waals surface area contributed by atoms with E-state index < -0.39 is 5.97 Å². The molecular weight excluding hydrogens is 460 g/mol. The van der Waals surface area contributed by atoms with Gasteiger partial charge >= 0.3 is 5.97 Å². The van der Waals surface area contributed by atoms with Crippen molar-refractivity contribution < 1.29 is 19.1 Å². The van der Waals surface area contributed by atoms with Gasteiger partial charge < -0.3 is 9.47 Å². The van der Waals surface area contributed by atoms with Crippen LogP contribution in [0.5, 0.6) is 11.5 Å². The number of para-hydroxylation sites is 1. The number of ether oxygens (including phenoxy) is 2. The second-order valence-electron chi connectivity index (χ2n) is 7.07. The fourth-order valence-corrected chi connectivity index (χ4v) is 4.23. The van der Waals surface area contributed by atoms with Crippen LogP contribution >= 0.6 is 15.9 Å². The lowest BCUT2D eigenvalue weighted by atomic mass is 10.0. The third-order valence-electron chi connectivity index (χ3n) is 4.98. The van der Waals surface area contributed by atoms with Gasteiger partial charge in [-0.25, -0.2) is 9.78 Å². The molecule has 0 bridgehead atoms. The number of carbonyl (C=O) groups is 2. The number of esters is 1. The number of fused-ring (bicyclic) bond motifs is 3. The highest BCUT2D eigenvalue weighted by Crippen LogP contribution is 2.40. The van der Waals surface area contributed by atoms with Gasteiger partial charge in [0.25, 0.3) is 0 Å². The fourth-order valence-electron chi connectivity index (χ4n) is 3.79. The molecule has 0 aliphatic rings. The summed E-state index contributed by atoms with van der Waals surface area (Å²) in [5.74, 6) is 0.700. The molecule has 158 valence electrons. The van der Waals surface area contributed by atoms with E-state index in [9.17, 15) is 9.59 Å². The highest BCUT2D eigenvalue weighted by molar-refractivity contribution is 9.09. The summed E-state index contributed by atoms with van der Waals surface area (Å²) in [7, 11) is 0. The van der Waals surface area contributed by atoms with E-state index in [0.29, 0.717) is 22.6 Å². The largest absolute Gasteiger partial charge is 0.461 e. The van der Waals surface area contributed by atoms with Crippen molar-refractivity contribution >= 4 is 49.6 Å². The summed E-state index contributed by atoms with van der Waals surface area (Å²) in [5, 5.41) is 1.57. The molecule has 0 N–H and O–H groups in total. The molecule has 0 radical (unpaired) electrons. The van der Waals surface area contributed by atoms with E-state index in [2.05, 4.69) is 20.9 Å². The molecule has 4 rings (SSSR count). The molecule has 1 atom stereocenters. The Bertz CT molecular complexity index is 1300. The second kappa shape index (κ2) is 8.51. The smallest absolute Gasteiger partial charge is 0.357 e. The molecule has 6 nitrogen and oxygen atoms in total. The molecule has 2 aromatic carbocycles. The predicted octanol–water partition coefficient (Wildman–Crippen LogP) is 6.27. The van der Waals surface area contributed by atoms with Crippen LogP contribution in [0.1, 0.15) is 46.4 Å². The number of rotatable bonds is 5. The minimum absolute atomic E-state index is 0.143. The Morgan fingerprint density at radius 2 is 1.84 bits per heavy atom. The highest BCUT2D eigenvalue weighted by Gasteiger charge is 2.25. The summed E-state index contributed by atoms with van der Waals surface area (Å²) in [6.45, 7) is 5.42. The second-order valence-corrected chi connectivity index (χ2v) is 8.44. The first-order valence-corrected chi connectivity index (χ1v) is 10.9. The van der Waals surface area contributed by atoms with Gasteiger partial charge in [0, 0.05) is 28.1 Å². The number of aromatic nitrogens is 2. The van der Waals surface area contributed by atoms with Crippen LogP contribution in [0.2, 0.25) is 0 Å². The molecule has 0 amide bonds. The lowest BCUT2D eigenvalue weighted by Crippen LogP contribution is -2.12. The monoisotopic (exact) mass is 480 g/mol. The van der Waals surface area contributed by atoms with Crippen LogP contribution in [0.3, 0.4) is 0 Å². The van der Waals surface area contributed by atoms with Crippen molar-refractivity contribution in [1.29, 1.82) is 0 Å². The van der Waals surface area contributed by atoms with Crippen molar-refractivity contribution in [2.24, 2.45) is 0 Å². The van der Waals surface area contributed by atoms with Crippen LogP contribution in [0.25, 0.3) is 21.8 Å². The summed E-state index contributed by atoms with van der Waals surface area (Å²) in [6.07, 6.45) is 1.56. The number of carbonyl (C=O) groups excluding carboxylic acids is 2. The zero-order valence-corrected chi connectivity index (χ0v) is 19.0. The van der Waals surface area contributed by atoms with Gasteiger partial charge in [-0.2, -0.15) is 0 Å². The summed E-state index contributed by atoms with van der Waals surface area (Å²) in [5.41, 5.74) is 2.27. The number of hydrogen-bond acceptors (Lipinski definition) is 5. The van der Waals surface area contributed by atoms with Gasteiger partial charge in [0.05, 0.1) is 23.8 Å². The predicted molar refractivity (Wildman–Crippen MR) is 123 cm³/mol. The van der Waals surface area contributed by atoms with E-state index in [0.717, 1.165) is 16.3 Å². The molecule has 0 aliphatic carbocycles. The normalized spacial score (nSPS) is 12.1. The van der Waals surface area contributed by atoms with Gasteiger partial charge in [0.1, 0.15) is 11.5 Å². The van der Waals surface area contributed by atoms with Gasteiger partial charge in [-0.15, -0.1) is 0 Å². The molecule has 0 aliphatic heterocycles. The van der Waals surface area contributed by atoms with Crippen LogP contribution in [0, 0.1) is 0 Å². The molecule has 0 spiro atoms. The average Bonchev–Trinajstić information content (AvgIpc) is 3.07. The number of hydrogen-bond donors (Lipinski definition) is 0. The van der Waals surface area contributed by atoms with Crippen LogP contribution in [0.15, 0.2) is 54.7 Å². The first-order chi connectivity index (χ1) is 14.9. The molecule has 1 unspecified atom stereocenters. The van der Waals surface area contributed by atoms with Gasteiger partial charge in [-0.05, 0) is 44.2 Å². The van der Waals surface area contributed by atoms with E-state index in [1.807, 2.05) is 55.5 Å². The van der Waals surface area contributed by atoms with Crippen molar-refractivity contribution in [3.05, 3.63) is 66.0 Å². The van der Waals surface area contributed by atoms with E-state index in [-0.39, 0.29) is 23.0 Å². The molecule has 31 heavy (non-hydrogen) atoms. The van der Waals surface area contributed by atoms with Gasteiger partial charge in [-0.3, -0.25) is 9.36 Å². The molecule has 2 heterocycles. The van der Waals surface area contributed by atoms with Crippen LogP contribution in [-0.4, -0.2) is 28.0 Å². The summed E-state index contributed by atoms with van der Waals surface area (Å²) >= 11 is 3.61. The molecule has 2 aromatic heterocycles. The number of pyridine rings is 1. The van der Waals surface area contributed by atoms with E-state index in [1.54, 1.807) is 17.7 Å². The van der Waals surface area contributed by atoms with Gasteiger partial charge in [-0.1, -0.05) is 34.1 Å². The maximum absolute atomic E-state index is 12.6. The Labute approximate surface area is 187 Å². The minimum Gasteiger partial charge on any atom is -0.461 e. The Kier molecular flexibility index (Phi) is 5.78. The topological polar surface area (TPSA) is 70.4 Å². The van der Waals surface area contributed by atoms with Gasteiger partial charge in [0.15, 0.2) is 5.69 Å². The standard InChI is InChI=1S/C24H21BrN2O4/c1-4-30-24(29)23-21(14(2)25)22-18-12-17(31-16-8-6-5-7-9-16)10-11-19(18)27(15(3)28)20(22)13-26-23/h5-14H,4H2,1-3H3. The Hall–Kier alpha value is -3.19. The minimum atomic E-state index is -0.494. The SMILES string of the molecule is CCOC(=O)c1ncc2c(c1C(C)Br)c1cc(Oc3ccccc3)ccc1n2C(C)=O. The molecule has 4 aromatic rings. The summed E-state index contributed by atoms with van der Waals surface area (Å²) in [6, 6.07) is 15.0. The first kappa shape index (κ1) is 21.1.